The Hall–Kier alpha value is -2.53. The summed E-state index contributed by atoms with van der Waals surface area (Å²) in [6, 6.07) is 2.07. The maximum atomic E-state index is 11.4. The summed E-state index contributed by atoms with van der Waals surface area (Å²) in [5.41, 5.74) is 0.883. The molecule has 0 spiro atoms. The minimum atomic E-state index is -0.814. The third kappa shape index (κ3) is 2.55. The van der Waals surface area contributed by atoms with Crippen molar-refractivity contribution in [2.24, 2.45) is 0 Å². The van der Waals surface area contributed by atoms with Gasteiger partial charge in [-0.05, 0) is 36.2 Å². The first-order valence-corrected chi connectivity index (χ1v) is 9.59. The molecule has 1 aliphatic carbocycles. The highest BCUT2D eigenvalue weighted by atomic mass is 32.2. The molecule has 0 aromatic carbocycles. The third-order valence-electron chi connectivity index (χ3n) is 3.88. The Labute approximate surface area is 154 Å². The molecule has 124 valence electrons. The van der Waals surface area contributed by atoms with Gasteiger partial charge in [-0.2, -0.15) is 9.64 Å². The van der Waals surface area contributed by atoms with Crippen LogP contribution >= 0.6 is 34.2 Å². The summed E-state index contributed by atoms with van der Waals surface area (Å²) in [5.74, 6) is 5.06. The Bertz CT molecular complexity index is 1070. The number of aliphatic carboxylic acids is 1. The van der Waals surface area contributed by atoms with E-state index >= 15 is 0 Å². The third-order valence-corrected chi connectivity index (χ3v) is 6.93. The molecule has 0 radical (unpaired) electrons. The van der Waals surface area contributed by atoms with E-state index in [1.54, 1.807) is 7.05 Å². The molecule has 0 bridgehead atoms. The van der Waals surface area contributed by atoms with E-state index in [-0.39, 0.29) is 0 Å². The lowest BCUT2D eigenvalue weighted by Gasteiger charge is -2.03. The fourth-order valence-electron chi connectivity index (χ4n) is 2.34. The van der Waals surface area contributed by atoms with Crippen molar-refractivity contribution in [3.05, 3.63) is 20.6 Å². The molecule has 0 saturated heterocycles. The molecule has 0 unspecified atom stereocenters. The molecule has 0 amide bonds. The van der Waals surface area contributed by atoms with E-state index in [0.29, 0.717) is 44.8 Å². The van der Waals surface area contributed by atoms with E-state index in [1.807, 2.05) is 0 Å². The van der Waals surface area contributed by atoms with E-state index in [0.717, 1.165) is 15.5 Å². The summed E-state index contributed by atoms with van der Waals surface area (Å²) in [4.78, 5) is 20.6. The highest BCUT2D eigenvalue weighted by molar-refractivity contribution is 7.38. The molecule has 1 aliphatic rings. The van der Waals surface area contributed by atoms with Gasteiger partial charge in [0.05, 0.1) is 5.69 Å². The normalized spacial score (nSPS) is 14.6. The Morgan fingerprint density at radius 3 is 2.72 bits per heavy atom. The van der Waals surface area contributed by atoms with Gasteiger partial charge in [0.15, 0.2) is 16.3 Å². The van der Waals surface area contributed by atoms with Crippen molar-refractivity contribution < 1.29 is 9.90 Å². The molecule has 1 saturated carbocycles. The van der Waals surface area contributed by atoms with Crippen LogP contribution in [-0.4, -0.2) is 32.5 Å². The molecule has 10 heteroatoms. The smallest absolute Gasteiger partial charge is 0.316 e. The molecule has 3 aromatic heterocycles. The number of hydrogen-bond acceptors (Lipinski definition) is 9. The lowest BCUT2D eigenvalue weighted by molar-refractivity contribution is -0.140. The number of carboxylic acids is 1. The second kappa shape index (κ2) is 5.77. The Kier molecular flexibility index (Phi) is 3.69. The molecular formula is C15H9N5O2S3. The van der Waals surface area contributed by atoms with E-state index in [9.17, 15) is 9.90 Å². The first kappa shape index (κ1) is 16.0. The number of hydrogen-bond donors (Lipinski definition) is 2. The van der Waals surface area contributed by atoms with Gasteiger partial charge in [0.2, 0.25) is 0 Å². The zero-order valence-corrected chi connectivity index (χ0v) is 15.2. The number of fused-ring (bicyclic) bond motifs is 1. The van der Waals surface area contributed by atoms with Gasteiger partial charge in [-0.25, -0.2) is 9.97 Å². The molecule has 3 heterocycles. The number of nitrogens with zero attached hydrogens (tertiary/aromatic N) is 4. The van der Waals surface area contributed by atoms with Crippen molar-refractivity contribution in [1.82, 2.24) is 14.3 Å². The zero-order valence-electron chi connectivity index (χ0n) is 12.8. The van der Waals surface area contributed by atoms with Gasteiger partial charge in [0.25, 0.3) is 0 Å². The highest BCUT2D eigenvalue weighted by Crippen LogP contribution is 2.51. The van der Waals surface area contributed by atoms with Crippen LogP contribution in [0.15, 0.2) is 0 Å². The molecule has 25 heavy (non-hydrogen) atoms. The van der Waals surface area contributed by atoms with Crippen molar-refractivity contribution in [2.75, 3.05) is 12.4 Å². The van der Waals surface area contributed by atoms with Crippen molar-refractivity contribution in [1.29, 1.82) is 5.26 Å². The highest BCUT2D eigenvalue weighted by Gasteiger charge is 2.54. The molecule has 3 aromatic rings. The minimum Gasteiger partial charge on any atom is -0.481 e. The quantitative estimate of drug-likeness (QED) is 0.664. The first-order chi connectivity index (χ1) is 12.1. The molecule has 1 fully saturated rings. The Morgan fingerprint density at radius 1 is 1.32 bits per heavy atom. The number of carboxylic acid groups (broad SMARTS) is 1. The van der Waals surface area contributed by atoms with Crippen LogP contribution in [0, 0.1) is 23.2 Å². The molecular weight excluding hydrogens is 378 g/mol. The topological polar surface area (TPSA) is 112 Å². The molecule has 2 N–H and O–H groups in total. The monoisotopic (exact) mass is 387 g/mol. The van der Waals surface area contributed by atoms with Crippen LogP contribution in [0.1, 0.15) is 33.4 Å². The maximum Gasteiger partial charge on any atom is 0.316 e. The summed E-state index contributed by atoms with van der Waals surface area (Å²) in [5, 5.41) is 22.5. The van der Waals surface area contributed by atoms with E-state index in [2.05, 4.69) is 37.6 Å². The largest absolute Gasteiger partial charge is 0.481 e. The summed E-state index contributed by atoms with van der Waals surface area (Å²) in [6.07, 6.45) is 1.27. The van der Waals surface area contributed by atoms with Crippen LogP contribution in [0.2, 0.25) is 0 Å². The number of thiazole rings is 2. The van der Waals surface area contributed by atoms with Gasteiger partial charge in [-0.3, -0.25) is 4.79 Å². The van der Waals surface area contributed by atoms with Gasteiger partial charge in [-0.1, -0.05) is 11.3 Å². The summed E-state index contributed by atoms with van der Waals surface area (Å²) in [7, 11) is 1.72. The van der Waals surface area contributed by atoms with Crippen LogP contribution in [-0.2, 0) is 10.2 Å². The average molecular weight is 387 g/mol. The number of aromatic nitrogens is 3. The van der Waals surface area contributed by atoms with Crippen LogP contribution in [0.25, 0.3) is 9.66 Å². The SMILES string of the molecule is CNc1c(C#Cc2nc3nc(C4(C(=O)O)CC4)sc3s2)nsc1C#N. The lowest BCUT2D eigenvalue weighted by atomic mass is 10.1. The van der Waals surface area contributed by atoms with Crippen molar-refractivity contribution in [2.45, 2.75) is 18.3 Å². The van der Waals surface area contributed by atoms with Gasteiger partial charge in [0, 0.05) is 7.05 Å². The molecule has 4 rings (SSSR count). The fraction of sp³-hybridized carbons (Fsp3) is 0.267. The first-order valence-electron chi connectivity index (χ1n) is 7.18. The predicted molar refractivity (Wildman–Crippen MR) is 96.2 cm³/mol. The lowest BCUT2D eigenvalue weighted by Crippen LogP contribution is -2.18. The summed E-state index contributed by atoms with van der Waals surface area (Å²) >= 11 is 3.87. The second-order valence-corrected chi connectivity index (χ2v) is 8.41. The van der Waals surface area contributed by atoms with Crippen LogP contribution in [0.4, 0.5) is 5.69 Å². The number of rotatable bonds is 3. The van der Waals surface area contributed by atoms with Crippen molar-refractivity contribution in [3.63, 3.8) is 0 Å². The van der Waals surface area contributed by atoms with Crippen LogP contribution < -0.4 is 5.32 Å². The van der Waals surface area contributed by atoms with Gasteiger partial charge < -0.3 is 10.4 Å². The average Bonchev–Trinajstić information content (AvgIpc) is 2.97. The number of anilines is 1. The number of nitrogens with one attached hydrogen (secondary N) is 1. The number of nitriles is 1. The minimum absolute atomic E-state index is 0.488. The van der Waals surface area contributed by atoms with Crippen LogP contribution in [0.3, 0.4) is 0 Å². The molecule has 0 aliphatic heterocycles. The van der Waals surface area contributed by atoms with Crippen molar-refractivity contribution in [3.8, 4) is 17.9 Å². The Balaban J connectivity index is 1.65. The van der Waals surface area contributed by atoms with Gasteiger partial charge in [0.1, 0.15) is 25.4 Å². The van der Waals surface area contributed by atoms with Crippen LogP contribution in [0.5, 0.6) is 0 Å². The van der Waals surface area contributed by atoms with Gasteiger partial charge >= 0.3 is 5.97 Å². The summed E-state index contributed by atoms with van der Waals surface area (Å²) < 4.78 is 5.04. The molecule has 0 atom stereocenters. The second-order valence-electron chi connectivity index (χ2n) is 5.38. The fourth-order valence-corrected chi connectivity index (χ4v) is 5.20. The zero-order chi connectivity index (χ0) is 17.6. The van der Waals surface area contributed by atoms with Crippen molar-refractivity contribution >= 4 is 55.5 Å². The number of carbonyl (C=O) groups is 1. The standard InChI is InChI=1S/C15H9N5O2S3/c1-17-10-7(20-25-8(10)6-16)2-3-9-18-11-12(23-9)24-13(19-11)15(4-5-15)14(21)22/h17H,4-5H2,1H3,(H,21,22). The van der Waals surface area contributed by atoms with E-state index in [4.69, 9.17) is 5.26 Å². The maximum absolute atomic E-state index is 11.4. The predicted octanol–water partition coefficient (Wildman–Crippen LogP) is 2.64. The Morgan fingerprint density at radius 2 is 2.12 bits per heavy atom. The summed E-state index contributed by atoms with van der Waals surface area (Å²) in [6.45, 7) is 0. The van der Waals surface area contributed by atoms with E-state index in [1.165, 1.54) is 22.7 Å². The molecule has 7 nitrogen and oxygen atoms in total. The van der Waals surface area contributed by atoms with Gasteiger partial charge in [-0.15, -0.1) is 11.3 Å². The van der Waals surface area contributed by atoms with E-state index < -0.39 is 11.4 Å².